The molecule has 0 amide bonds. The van der Waals surface area contributed by atoms with Crippen molar-refractivity contribution < 1.29 is 0 Å². The van der Waals surface area contributed by atoms with Crippen molar-refractivity contribution in [3.8, 4) is 0 Å². The second-order valence-electron chi connectivity index (χ2n) is 4.82. The van der Waals surface area contributed by atoms with E-state index in [1.54, 1.807) is 0 Å². The van der Waals surface area contributed by atoms with E-state index in [0.29, 0.717) is 0 Å². The standard InChI is InChI=1S/C12H4Cl11/c13-7(6-4-2-1-3-5-6)8(14,15)10(18,19)12(22,23)11(20,21)9(7,16)17/h2-5H. The molecule has 11 heteroatoms. The molecule has 0 unspecified atom stereocenters. The largest absolute Gasteiger partial charge is 0.189 e. The Bertz CT molecular complexity index is 575. The summed E-state index contributed by atoms with van der Waals surface area (Å²) in [6, 6.07) is 8.81. The van der Waals surface area contributed by atoms with Gasteiger partial charge in [-0.25, -0.2) is 0 Å². The Balaban J connectivity index is 2.91. The number of alkyl halides is 11. The molecule has 1 fully saturated rings. The van der Waals surface area contributed by atoms with Gasteiger partial charge in [-0.3, -0.25) is 0 Å². The van der Waals surface area contributed by atoms with Gasteiger partial charge in [-0.15, -0.1) is 11.6 Å². The predicted octanol–water partition coefficient (Wildman–Crippen LogP) is 7.80. The van der Waals surface area contributed by atoms with Crippen LogP contribution in [0.1, 0.15) is 5.56 Å². The fourth-order valence-corrected chi connectivity index (χ4v) is 6.85. The van der Waals surface area contributed by atoms with Crippen molar-refractivity contribution in [2.24, 2.45) is 0 Å². The number of hydrogen-bond donors (Lipinski definition) is 0. The highest BCUT2D eigenvalue weighted by Gasteiger charge is 2.88. The minimum atomic E-state index is -2.39. The van der Waals surface area contributed by atoms with Gasteiger partial charge in [0.05, 0.1) is 0 Å². The van der Waals surface area contributed by atoms with E-state index in [1.807, 2.05) is 0 Å². The Labute approximate surface area is 188 Å². The van der Waals surface area contributed by atoms with Gasteiger partial charge in [0.2, 0.25) is 0 Å². The lowest BCUT2D eigenvalue weighted by atomic mass is 9.79. The maximum atomic E-state index is 6.68. The molecule has 1 aliphatic carbocycles. The zero-order chi connectivity index (χ0) is 18.1. The van der Waals surface area contributed by atoms with Gasteiger partial charge >= 0.3 is 0 Å². The molecule has 1 saturated carbocycles. The highest BCUT2D eigenvalue weighted by Crippen LogP contribution is 2.79. The molecule has 1 aromatic rings. The second-order valence-corrected chi connectivity index (χ2v) is 12.0. The molecule has 0 N–H and O–H groups in total. The van der Waals surface area contributed by atoms with Crippen molar-refractivity contribution in [3.63, 3.8) is 0 Å². The molecule has 0 nitrogen and oxygen atoms in total. The molecular weight excluding hydrogens is 534 g/mol. The lowest BCUT2D eigenvalue weighted by Gasteiger charge is -2.63. The van der Waals surface area contributed by atoms with E-state index in [4.69, 9.17) is 128 Å². The van der Waals surface area contributed by atoms with Crippen molar-refractivity contribution >= 4 is 128 Å². The Morgan fingerprint density at radius 3 is 1.17 bits per heavy atom. The fraction of sp³-hybridized carbons (Fsp3) is 0.500. The first-order valence-corrected chi connectivity index (χ1v) is 9.81. The molecule has 0 aliphatic heterocycles. The quantitative estimate of drug-likeness (QED) is 0.320. The molecular formula is C12H4Cl11. The molecule has 0 saturated heterocycles. The van der Waals surface area contributed by atoms with Crippen LogP contribution in [0.4, 0.5) is 0 Å². The van der Waals surface area contributed by atoms with Crippen molar-refractivity contribution in [2.45, 2.75) is 26.5 Å². The number of halogens is 11. The molecule has 1 radical (unpaired) electrons. The number of rotatable bonds is 1. The molecule has 1 aromatic carbocycles. The third-order valence-electron chi connectivity index (χ3n) is 3.56. The molecule has 1 aliphatic rings. The van der Waals surface area contributed by atoms with E-state index in [2.05, 4.69) is 6.07 Å². The zero-order valence-electron chi connectivity index (χ0n) is 10.5. The Morgan fingerprint density at radius 2 is 0.826 bits per heavy atom. The van der Waals surface area contributed by atoms with E-state index in [0.717, 1.165) is 0 Å². The SMILES string of the molecule is ClC1(Cl)C(Cl)(Cl)C(Cl)(Cl)C(Cl)(c2cc[c]cc2)C(Cl)(Cl)C1(Cl)Cl. The van der Waals surface area contributed by atoms with Gasteiger partial charge in [0.1, 0.15) is 4.87 Å². The summed E-state index contributed by atoms with van der Waals surface area (Å²) in [6.07, 6.45) is 0. The first kappa shape index (κ1) is 21.7. The lowest BCUT2D eigenvalue weighted by molar-refractivity contribution is 0.305. The van der Waals surface area contributed by atoms with Crippen molar-refractivity contribution in [2.75, 3.05) is 0 Å². The van der Waals surface area contributed by atoms with Crippen LogP contribution >= 0.6 is 128 Å². The normalized spacial score (nSPS) is 29.0. The molecule has 23 heavy (non-hydrogen) atoms. The average Bonchev–Trinajstić information content (AvgIpc) is 2.45. The first-order chi connectivity index (χ1) is 10.1. The maximum Gasteiger partial charge on any atom is 0.189 e. The summed E-state index contributed by atoms with van der Waals surface area (Å²) in [4.78, 5) is -2.10. The minimum absolute atomic E-state index is 0.230. The van der Waals surface area contributed by atoms with Gasteiger partial charge in [0.25, 0.3) is 0 Å². The Morgan fingerprint density at radius 1 is 0.522 bits per heavy atom. The Hall–Kier alpha value is 2.41. The second kappa shape index (κ2) is 6.21. The predicted molar refractivity (Wildman–Crippen MR) is 105 cm³/mol. The fourth-order valence-electron chi connectivity index (χ4n) is 2.20. The van der Waals surface area contributed by atoms with E-state index in [-0.39, 0.29) is 5.56 Å². The summed E-state index contributed by atoms with van der Waals surface area (Å²) < 4.78 is -11.8. The highest BCUT2D eigenvalue weighted by atomic mass is 35.6. The van der Waals surface area contributed by atoms with Crippen LogP contribution in [0.15, 0.2) is 24.3 Å². The van der Waals surface area contributed by atoms with Crippen molar-refractivity contribution in [1.82, 2.24) is 0 Å². The third kappa shape index (κ3) is 2.47. The van der Waals surface area contributed by atoms with E-state index in [1.165, 1.54) is 24.3 Å². The summed E-state index contributed by atoms with van der Waals surface area (Å²) in [6.45, 7) is 0. The van der Waals surface area contributed by atoms with Crippen LogP contribution in [0.5, 0.6) is 0 Å². The molecule has 0 heterocycles. The maximum absolute atomic E-state index is 6.68. The molecule has 0 spiro atoms. The monoisotopic (exact) mass is 533 g/mol. The molecule has 0 bridgehead atoms. The summed E-state index contributed by atoms with van der Waals surface area (Å²) in [5, 5.41) is 0. The third-order valence-corrected chi connectivity index (χ3v) is 11.9. The van der Waals surface area contributed by atoms with Crippen LogP contribution in [0.3, 0.4) is 0 Å². The average molecular weight is 538 g/mol. The van der Waals surface area contributed by atoms with E-state index >= 15 is 0 Å². The van der Waals surface area contributed by atoms with Crippen molar-refractivity contribution in [1.29, 1.82) is 0 Å². The van der Waals surface area contributed by atoms with Gasteiger partial charge in [0.15, 0.2) is 21.7 Å². The minimum Gasteiger partial charge on any atom is -0.107 e. The smallest absolute Gasteiger partial charge is 0.107 e. The highest BCUT2D eigenvalue weighted by molar-refractivity contribution is 6.80. The zero-order valence-corrected chi connectivity index (χ0v) is 18.8. The van der Waals surface area contributed by atoms with Crippen LogP contribution in [-0.2, 0) is 4.87 Å². The van der Waals surface area contributed by atoms with Gasteiger partial charge < -0.3 is 0 Å². The van der Waals surface area contributed by atoms with Crippen molar-refractivity contribution in [3.05, 3.63) is 35.9 Å². The summed E-state index contributed by atoms with van der Waals surface area (Å²) in [7, 11) is 0. The lowest BCUT2D eigenvalue weighted by Crippen LogP contribution is -2.78. The van der Waals surface area contributed by atoms with Crippen LogP contribution in [0.25, 0.3) is 0 Å². The van der Waals surface area contributed by atoms with Gasteiger partial charge in [-0.05, 0) is 11.6 Å². The van der Waals surface area contributed by atoms with Crippen LogP contribution in [-0.4, -0.2) is 21.7 Å². The first-order valence-electron chi connectivity index (χ1n) is 5.65. The molecule has 2 rings (SSSR count). The summed E-state index contributed by atoms with van der Waals surface area (Å²) in [5.41, 5.74) is 0.230. The topological polar surface area (TPSA) is 0 Å². The molecule has 0 atom stereocenters. The van der Waals surface area contributed by atoms with Crippen LogP contribution in [0.2, 0.25) is 0 Å². The van der Waals surface area contributed by atoms with E-state index < -0.39 is 26.5 Å². The van der Waals surface area contributed by atoms with Gasteiger partial charge in [-0.2, -0.15) is 0 Å². The summed E-state index contributed by atoms with van der Waals surface area (Å²) >= 11 is 69.7. The van der Waals surface area contributed by atoms with Crippen LogP contribution in [0, 0.1) is 6.07 Å². The number of hydrogen-bond acceptors (Lipinski definition) is 0. The Kier molecular flexibility index (Phi) is 5.86. The molecule has 129 valence electrons. The number of benzene rings is 1. The van der Waals surface area contributed by atoms with Crippen LogP contribution < -0.4 is 0 Å². The van der Waals surface area contributed by atoms with Gasteiger partial charge in [0, 0.05) is 0 Å². The molecule has 0 aromatic heterocycles. The summed E-state index contributed by atoms with van der Waals surface area (Å²) in [5.74, 6) is 0. The van der Waals surface area contributed by atoms with Gasteiger partial charge in [-0.1, -0.05) is 140 Å². The van der Waals surface area contributed by atoms with E-state index in [9.17, 15) is 0 Å².